The van der Waals surface area contributed by atoms with Crippen molar-refractivity contribution in [1.29, 1.82) is 0 Å². The molecular weight excluding hydrogens is 210 g/mol. The summed E-state index contributed by atoms with van der Waals surface area (Å²) in [4.78, 5) is 0. The van der Waals surface area contributed by atoms with Crippen molar-refractivity contribution in [2.45, 2.75) is 18.4 Å². The summed E-state index contributed by atoms with van der Waals surface area (Å²) in [6, 6.07) is 16.2. The van der Waals surface area contributed by atoms with E-state index in [4.69, 9.17) is 5.73 Å². The third-order valence-corrected chi connectivity index (χ3v) is 3.38. The van der Waals surface area contributed by atoms with Crippen LogP contribution in [0.15, 0.2) is 48.5 Å². The Morgan fingerprint density at radius 1 is 0.882 bits per heavy atom. The molecule has 2 unspecified atom stereocenters. The number of hydrogen-bond donors (Lipinski definition) is 2. The zero-order valence-corrected chi connectivity index (χ0v) is 9.51. The van der Waals surface area contributed by atoms with Gasteiger partial charge in [-0.05, 0) is 35.2 Å². The van der Waals surface area contributed by atoms with Gasteiger partial charge in [-0.15, -0.1) is 0 Å². The minimum Gasteiger partial charge on any atom is -0.508 e. The molecule has 0 radical (unpaired) electrons. The molecule has 2 nitrogen and oxygen atoms in total. The van der Waals surface area contributed by atoms with Crippen LogP contribution in [0.2, 0.25) is 0 Å². The topological polar surface area (TPSA) is 46.2 Å². The fourth-order valence-corrected chi connectivity index (χ4v) is 2.17. The first kappa shape index (κ1) is 10.4. The van der Waals surface area contributed by atoms with E-state index in [0.29, 0.717) is 17.7 Å². The first-order chi connectivity index (χ1) is 8.24. The van der Waals surface area contributed by atoms with Crippen LogP contribution in [0.4, 0.5) is 0 Å². The number of benzene rings is 2. The standard InChI is InChI=1S/C15H15NO/c16-15-9-14(15)12-3-1-10(2-4-12)11-5-7-13(17)8-6-11/h1-8,14-15,17H,9,16H2. The highest BCUT2D eigenvalue weighted by molar-refractivity contribution is 5.64. The number of phenolic OH excluding ortho intramolecular Hbond substituents is 1. The quantitative estimate of drug-likeness (QED) is 0.825. The van der Waals surface area contributed by atoms with Gasteiger partial charge in [0.2, 0.25) is 0 Å². The fraction of sp³-hybridized carbons (Fsp3) is 0.200. The Morgan fingerprint density at radius 3 is 1.82 bits per heavy atom. The maximum Gasteiger partial charge on any atom is 0.115 e. The lowest BCUT2D eigenvalue weighted by molar-refractivity contribution is 0.475. The number of nitrogens with two attached hydrogens (primary N) is 1. The van der Waals surface area contributed by atoms with Crippen LogP contribution >= 0.6 is 0 Å². The number of aromatic hydroxyl groups is 1. The molecule has 1 aliphatic carbocycles. The minimum atomic E-state index is 0.300. The van der Waals surface area contributed by atoms with Crippen LogP contribution in [0.3, 0.4) is 0 Å². The molecular formula is C15H15NO. The van der Waals surface area contributed by atoms with Gasteiger partial charge in [-0.2, -0.15) is 0 Å². The third-order valence-electron chi connectivity index (χ3n) is 3.38. The van der Waals surface area contributed by atoms with Gasteiger partial charge in [0.25, 0.3) is 0 Å². The van der Waals surface area contributed by atoms with E-state index in [1.54, 1.807) is 12.1 Å². The summed E-state index contributed by atoms with van der Waals surface area (Å²) in [5.74, 6) is 0.859. The van der Waals surface area contributed by atoms with Crippen LogP contribution < -0.4 is 5.73 Å². The van der Waals surface area contributed by atoms with Gasteiger partial charge in [0.15, 0.2) is 0 Å². The molecule has 0 saturated heterocycles. The van der Waals surface area contributed by atoms with Crippen molar-refractivity contribution in [3.05, 3.63) is 54.1 Å². The van der Waals surface area contributed by atoms with Crippen molar-refractivity contribution in [1.82, 2.24) is 0 Å². The highest BCUT2D eigenvalue weighted by Gasteiger charge is 2.34. The molecule has 0 spiro atoms. The van der Waals surface area contributed by atoms with Crippen molar-refractivity contribution >= 4 is 0 Å². The van der Waals surface area contributed by atoms with Crippen LogP contribution in [0, 0.1) is 0 Å². The lowest BCUT2D eigenvalue weighted by atomic mass is 10.0. The summed E-state index contributed by atoms with van der Waals surface area (Å²) >= 11 is 0. The second-order valence-corrected chi connectivity index (χ2v) is 4.67. The normalized spacial score (nSPS) is 22.4. The molecule has 0 heterocycles. The van der Waals surface area contributed by atoms with E-state index in [1.807, 2.05) is 12.1 Å². The highest BCUT2D eigenvalue weighted by atomic mass is 16.3. The molecule has 1 fully saturated rings. The summed E-state index contributed by atoms with van der Waals surface area (Å²) < 4.78 is 0. The molecule has 2 aromatic carbocycles. The number of rotatable bonds is 2. The summed E-state index contributed by atoms with van der Waals surface area (Å²) in [7, 11) is 0. The molecule has 0 aliphatic heterocycles. The SMILES string of the molecule is NC1CC1c1ccc(-c2ccc(O)cc2)cc1. The lowest BCUT2D eigenvalue weighted by Crippen LogP contribution is -2.00. The van der Waals surface area contributed by atoms with Gasteiger partial charge in [-0.25, -0.2) is 0 Å². The molecule has 0 aromatic heterocycles. The first-order valence-corrected chi connectivity index (χ1v) is 5.89. The second kappa shape index (κ2) is 3.90. The fourth-order valence-electron chi connectivity index (χ4n) is 2.17. The van der Waals surface area contributed by atoms with Gasteiger partial charge in [0.1, 0.15) is 5.75 Å². The molecule has 2 heteroatoms. The molecule has 86 valence electrons. The summed E-state index contributed by atoms with van der Waals surface area (Å²) in [5.41, 5.74) is 9.46. The van der Waals surface area contributed by atoms with E-state index in [1.165, 1.54) is 11.1 Å². The maximum atomic E-state index is 9.24. The minimum absolute atomic E-state index is 0.300. The lowest BCUT2D eigenvalue weighted by Gasteiger charge is -2.04. The Balaban J connectivity index is 1.86. The van der Waals surface area contributed by atoms with Crippen LogP contribution in [0.5, 0.6) is 5.75 Å². The maximum absolute atomic E-state index is 9.24. The molecule has 0 bridgehead atoms. The average molecular weight is 225 g/mol. The predicted molar refractivity (Wildman–Crippen MR) is 68.9 cm³/mol. The van der Waals surface area contributed by atoms with Crippen LogP contribution in [0.25, 0.3) is 11.1 Å². The van der Waals surface area contributed by atoms with Gasteiger partial charge < -0.3 is 10.8 Å². The summed E-state index contributed by atoms with van der Waals surface area (Å²) in [6.45, 7) is 0. The monoisotopic (exact) mass is 225 g/mol. The van der Waals surface area contributed by atoms with E-state index < -0.39 is 0 Å². The van der Waals surface area contributed by atoms with Gasteiger partial charge >= 0.3 is 0 Å². The molecule has 3 rings (SSSR count). The molecule has 17 heavy (non-hydrogen) atoms. The zero-order valence-electron chi connectivity index (χ0n) is 9.51. The van der Waals surface area contributed by atoms with Gasteiger partial charge in [0.05, 0.1) is 0 Å². The van der Waals surface area contributed by atoms with E-state index in [-0.39, 0.29) is 0 Å². The van der Waals surface area contributed by atoms with Crippen molar-refractivity contribution in [3.8, 4) is 16.9 Å². The smallest absolute Gasteiger partial charge is 0.115 e. The molecule has 2 aromatic rings. The van der Waals surface area contributed by atoms with Gasteiger partial charge in [0, 0.05) is 12.0 Å². The summed E-state index contributed by atoms with van der Waals surface area (Å²) in [5, 5.41) is 9.24. The van der Waals surface area contributed by atoms with E-state index >= 15 is 0 Å². The molecule has 0 amide bonds. The summed E-state index contributed by atoms with van der Waals surface area (Å²) in [6.07, 6.45) is 1.11. The Bertz CT molecular complexity index is 516. The number of phenols is 1. The molecule has 1 saturated carbocycles. The number of hydrogen-bond acceptors (Lipinski definition) is 2. The average Bonchev–Trinajstić information content (AvgIpc) is 3.08. The van der Waals surface area contributed by atoms with Crippen LogP contribution in [-0.2, 0) is 0 Å². The van der Waals surface area contributed by atoms with Crippen LogP contribution in [-0.4, -0.2) is 11.1 Å². The predicted octanol–water partition coefficient (Wildman–Crippen LogP) is 2.87. The van der Waals surface area contributed by atoms with Crippen LogP contribution in [0.1, 0.15) is 17.9 Å². The molecule has 1 aliphatic rings. The van der Waals surface area contributed by atoms with Gasteiger partial charge in [-0.3, -0.25) is 0 Å². The second-order valence-electron chi connectivity index (χ2n) is 4.67. The Hall–Kier alpha value is -1.80. The van der Waals surface area contributed by atoms with Crippen molar-refractivity contribution in [3.63, 3.8) is 0 Å². The largest absolute Gasteiger partial charge is 0.508 e. The van der Waals surface area contributed by atoms with Crippen molar-refractivity contribution < 1.29 is 5.11 Å². The van der Waals surface area contributed by atoms with Crippen molar-refractivity contribution in [2.75, 3.05) is 0 Å². The third kappa shape index (κ3) is 2.04. The Kier molecular flexibility index (Phi) is 2.37. The van der Waals surface area contributed by atoms with E-state index in [2.05, 4.69) is 24.3 Å². The van der Waals surface area contributed by atoms with Gasteiger partial charge in [-0.1, -0.05) is 36.4 Å². The molecule has 2 atom stereocenters. The molecule has 3 N–H and O–H groups in total. The highest BCUT2D eigenvalue weighted by Crippen LogP contribution is 2.39. The van der Waals surface area contributed by atoms with E-state index in [9.17, 15) is 5.11 Å². The Morgan fingerprint density at radius 2 is 1.35 bits per heavy atom. The Labute approximate surface area is 101 Å². The van der Waals surface area contributed by atoms with E-state index in [0.717, 1.165) is 12.0 Å². The first-order valence-electron chi connectivity index (χ1n) is 5.89. The van der Waals surface area contributed by atoms with Crippen molar-refractivity contribution in [2.24, 2.45) is 5.73 Å². The zero-order chi connectivity index (χ0) is 11.8.